The standard InChI is InChI=1S/C18H23N3O2/c1-3-23-17-7-6-14(11-13(17)2)18(22)21-10-4-5-15(12-21)16-8-9-19-20-16/h6-9,11,15H,3-5,10,12H2,1-2H3,(H,19,20). The van der Waals surface area contributed by atoms with Gasteiger partial charge >= 0.3 is 0 Å². The van der Waals surface area contributed by atoms with Crippen molar-refractivity contribution in [3.8, 4) is 5.75 Å². The predicted octanol–water partition coefficient (Wildman–Crippen LogP) is 3.14. The van der Waals surface area contributed by atoms with Crippen molar-refractivity contribution in [1.82, 2.24) is 15.1 Å². The average molecular weight is 313 g/mol. The van der Waals surface area contributed by atoms with E-state index < -0.39 is 0 Å². The summed E-state index contributed by atoms with van der Waals surface area (Å²) in [5.74, 6) is 1.29. The third-order valence-corrected chi connectivity index (χ3v) is 4.39. The maximum Gasteiger partial charge on any atom is 0.253 e. The first-order valence-corrected chi connectivity index (χ1v) is 8.21. The molecule has 1 saturated heterocycles. The second-order valence-corrected chi connectivity index (χ2v) is 6.02. The zero-order chi connectivity index (χ0) is 16.2. The van der Waals surface area contributed by atoms with E-state index in [1.165, 1.54) is 0 Å². The molecule has 2 aromatic rings. The molecule has 2 heterocycles. The first kappa shape index (κ1) is 15.6. The lowest BCUT2D eigenvalue weighted by molar-refractivity contribution is 0.0705. The highest BCUT2D eigenvalue weighted by molar-refractivity contribution is 5.94. The molecule has 1 amide bonds. The summed E-state index contributed by atoms with van der Waals surface area (Å²) in [5, 5.41) is 7.05. The molecule has 0 saturated carbocycles. The Hall–Kier alpha value is -2.30. The quantitative estimate of drug-likeness (QED) is 0.943. The molecule has 1 aromatic heterocycles. The fourth-order valence-corrected chi connectivity index (χ4v) is 3.19. The highest BCUT2D eigenvalue weighted by Crippen LogP contribution is 2.27. The summed E-state index contributed by atoms with van der Waals surface area (Å²) in [6.45, 7) is 6.13. The highest BCUT2D eigenvalue weighted by atomic mass is 16.5. The van der Waals surface area contributed by atoms with Crippen molar-refractivity contribution in [3.63, 3.8) is 0 Å². The van der Waals surface area contributed by atoms with Crippen molar-refractivity contribution in [2.45, 2.75) is 32.6 Å². The average Bonchev–Trinajstić information content (AvgIpc) is 3.11. The van der Waals surface area contributed by atoms with Gasteiger partial charge in [-0.3, -0.25) is 9.89 Å². The smallest absolute Gasteiger partial charge is 0.253 e. The molecule has 1 aromatic carbocycles. The van der Waals surface area contributed by atoms with Crippen LogP contribution in [0.25, 0.3) is 0 Å². The summed E-state index contributed by atoms with van der Waals surface area (Å²) in [6.07, 6.45) is 3.88. The Morgan fingerprint density at radius 1 is 1.43 bits per heavy atom. The molecule has 0 aliphatic carbocycles. The van der Waals surface area contributed by atoms with Crippen LogP contribution in [0.1, 0.15) is 47.3 Å². The molecule has 5 nitrogen and oxygen atoms in total. The van der Waals surface area contributed by atoms with Crippen LogP contribution in [0, 0.1) is 6.92 Å². The Morgan fingerprint density at radius 2 is 2.30 bits per heavy atom. The maximum absolute atomic E-state index is 12.8. The van der Waals surface area contributed by atoms with Gasteiger partial charge in [-0.05, 0) is 56.5 Å². The number of aromatic nitrogens is 2. The SMILES string of the molecule is CCOc1ccc(C(=O)N2CCCC(c3ccn[nH]3)C2)cc1C. The molecule has 1 fully saturated rings. The minimum atomic E-state index is 0.0976. The Kier molecular flexibility index (Phi) is 4.65. The summed E-state index contributed by atoms with van der Waals surface area (Å²) in [6, 6.07) is 7.68. The number of benzene rings is 1. The largest absolute Gasteiger partial charge is 0.494 e. The van der Waals surface area contributed by atoms with Crippen LogP contribution in [0.15, 0.2) is 30.5 Å². The fraction of sp³-hybridized carbons (Fsp3) is 0.444. The molecule has 1 N–H and O–H groups in total. The molecule has 1 atom stereocenters. The van der Waals surface area contributed by atoms with Crippen molar-refractivity contribution in [3.05, 3.63) is 47.3 Å². The molecule has 0 bridgehead atoms. The van der Waals surface area contributed by atoms with Crippen LogP contribution in [-0.2, 0) is 0 Å². The van der Waals surface area contributed by atoms with Crippen LogP contribution >= 0.6 is 0 Å². The summed E-state index contributed by atoms with van der Waals surface area (Å²) in [4.78, 5) is 14.7. The number of H-pyrrole nitrogens is 1. The Morgan fingerprint density at radius 3 is 3.00 bits per heavy atom. The molecule has 1 aliphatic heterocycles. The first-order chi connectivity index (χ1) is 11.2. The first-order valence-electron chi connectivity index (χ1n) is 8.21. The van der Waals surface area contributed by atoms with Crippen molar-refractivity contribution in [2.24, 2.45) is 0 Å². The molecule has 23 heavy (non-hydrogen) atoms. The molecule has 5 heteroatoms. The van der Waals surface area contributed by atoms with Gasteiger partial charge in [-0.1, -0.05) is 0 Å². The number of nitrogens with zero attached hydrogens (tertiary/aromatic N) is 2. The lowest BCUT2D eigenvalue weighted by atomic mass is 9.94. The van der Waals surface area contributed by atoms with Crippen LogP contribution < -0.4 is 4.74 Å². The molecular weight excluding hydrogens is 290 g/mol. The van der Waals surface area contributed by atoms with Gasteiger partial charge in [0.1, 0.15) is 5.75 Å². The third kappa shape index (κ3) is 3.38. The number of ether oxygens (including phenoxy) is 1. The minimum absolute atomic E-state index is 0.0976. The normalized spacial score (nSPS) is 18.0. The van der Waals surface area contributed by atoms with E-state index in [2.05, 4.69) is 10.2 Å². The van der Waals surface area contributed by atoms with Gasteiger partial charge in [-0.25, -0.2) is 0 Å². The fourth-order valence-electron chi connectivity index (χ4n) is 3.19. The zero-order valence-corrected chi connectivity index (χ0v) is 13.7. The monoisotopic (exact) mass is 313 g/mol. The van der Waals surface area contributed by atoms with E-state index in [4.69, 9.17) is 4.74 Å². The predicted molar refractivity (Wildman–Crippen MR) is 88.8 cm³/mol. The molecule has 1 aliphatic rings. The zero-order valence-electron chi connectivity index (χ0n) is 13.7. The second kappa shape index (κ2) is 6.86. The lowest BCUT2D eigenvalue weighted by Crippen LogP contribution is -2.39. The van der Waals surface area contributed by atoms with Gasteiger partial charge in [-0.15, -0.1) is 0 Å². The van der Waals surface area contributed by atoms with Crippen molar-refractivity contribution in [1.29, 1.82) is 0 Å². The van der Waals surface area contributed by atoms with Gasteiger partial charge in [0, 0.05) is 36.5 Å². The number of likely N-dealkylation sites (tertiary alicyclic amines) is 1. The summed E-state index contributed by atoms with van der Waals surface area (Å²) >= 11 is 0. The number of hydrogen-bond donors (Lipinski definition) is 1. The van der Waals surface area contributed by atoms with Gasteiger partial charge in [0.25, 0.3) is 5.91 Å². The highest BCUT2D eigenvalue weighted by Gasteiger charge is 2.26. The number of piperidine rings is 1. The number of nitrogens with one attached hydrogen (secondary N) is 1. The number of carbonyl (C=O) groups excluding carboxylic acids is 1. The number of aryl methyl sites for hydroxylation is 1. The molecule has 1 unspecified atom stereocenters. The topological polar surface area (TPSA) is 58.2 Å². The molecule has 0 radical (unpaired) electrons. The van der Waals surface area contributed by atoms with Crippen LogP contribution in [-0.4, -0.2) is 40.7 Å². The van der Waals surface area contributed by atoms with E-state index in [-0.39, 0.29) is 5.91 Å². The van der Waals surface area contributed by atoms with Gasteiger partial charge in [0.2, 0.25) is 0 Å². The lowest BCUT2D eigenvalue weighted by Gasteiger charge is -2.32. The summed E-state index contributed by atoms with van der Waals surface area (Å²) in [7, 11) is 0. The summed E-state index contributed by atoms with van der Waals surface area (Å²) < 4.78 is 5.55. The van der Waals surface area contributed by atoms with Crippen molar-refractivity contribution in [2.75, 3.05) is 19.7 Å². The Labute approximate surface area is 136 Å². The van der Waals surface area contributed by atoms with Gasteiger partial charge in [-0.2, -0.15) is 5.10 Å². The number of rotatable bonds is 4. The minimum Gasteiger partial charge on any atom is -0.494 e. The molecular formula is C18H23N3O2. The van der Waals surface area contributed by atoms with Crippen LogP contribution in [0.3, 0.4) is 0 Å². The molecule has 3 rings (SSSR count). The van der Waals surface area contributed by atoms with Crippen LogP contribution in [0.2, 0.25) is 0 Å². The van der Waals surface area contributed by atoms with E-state index in [0.717, 1.165) is 48.5 Å². The Balaban J connectivity index is 1.73. The summed E-state index contributed by atoms with van der Waals surface area (Å²) in [5.41, 5.74) is 2.85. The van der Waals surface area contributed by atoms with E-state index in [9.17, 15) is 4.79 Å². The number of carbonyl (C=O) groups is 1. The van der Waals surface area contributed by atoms with Gasteiger partial charge < -0.3 is 9.64 Å². The second-order valence-electron chi connectivity index (χ2n) is 6.02. The number of amides is 1. The maximum atomic E-state index is 12.8. The van der Waals surface area contributed by atoms with Crippen LogP contribution in [0.5, 0.6) is 5.75 Å². The van der Waals surface area contributed by atoms with Gasteiger partial charge in [0.15, 0.2) is 0 Å². The molecule has 0 spiro atoms. The van der Waals surface area contributed by atoms with Gasteiger partial charge in [0.05, 0.1) is 6.61 Å². The van der Waals surface area contributed by atoms with Crippen molar-refractivity contribution >= 4 is 5.91 Å². The number of aromatic amines is 1. The molecule has 122 valence electrons. The third-order valence-electron chi connectivity index (χ3n) is 4.39. The van der Waals surface area contributed by atoms with E-state index >= 15 is 0 Å². The number of hydrogen-bond acceptors (Lipinski definition) is 3. The van der Waals surface area contributed by atoms with E-state index in [1.54, 1.807) is 6.20 Å². The van der Waals surface area contributed by atoms with E-state index in [0.29, 0.717) is 12.5 Å². The van der Waals surface area contributed by atoms with Crippen LogP contribution in [0.4, 0.5) is 0 Å². The van der Waals surface area contributed by atoms with Crippen molar-refractivity contribution < 1.29 is 9.53 Å². The Bertz CT molecular complexity index is 667. The van der Waals surface area contributed by atoms with E-state index in [1.807, 2.05) is 43.0 Å².